The molecular formula is C21H29IN4O3S. The number of fused-ring (bicyclic) bond motifs is 1. The van der Waals surface area contributed by atoms with Gasteiger partial charge in [0.15, 0.2) is 5.96 Å². The molecule has 3 rings (SSSR count). The minimum Gasteiger partial charge on any atom is -0.493 e. The fraction of sp³-hybridized carbons (Fsp3) is 0.381. The maximum absolute atomic E-state index is 12.1. The Morgan fingerprint density at radius 1 is 1.07 bits per heavy atom. The van der Waals surface area contributed by atoms with Crippen molar-refractivity contribution in [1.29, 1.82) is 0 Å². The van der Waals surface area contributed by atoms with Crippen LogP contribution in [0.3, 0.4) is 0 Å². The van der Waals surface area contributed by atoms with Crippen molar-refractivity contribution in [3.05, 3.63) is 65.2 Å². The third-order valence-electron chi connectivity index (χ3n) is 4.69. The van der Waals surface area contributed by atoms with Gasteiger partial charge in [0.25, 0.3) is 0 Å². The summed E-state index contributed by atoms with van der Waals surface area (Å²) in [5.41, 5.74) is 3.43. The molecule has 30 heavy (non-hydrogen) atoms. The minimum absolute atomic E-state index is 0. The van der Waals surface area contributed by atoms with Gasteiger partial charge in [-0.3, -0.25) is 4.99 Å². The van der Waals surface area contributed by atoms with Crippen LogP contribution in [0.1, 0.15) is 16.7 Å². The largest absolute Gasteiger partial charge is 0.493 e. The zero-order valence-electron chi connectivity index (χ0n) is 17.1. The van der Waals surface area contributed by atoms with Gasteiger partial charge >= 0.3 is 0 Å². The number of hydrogen-bond donors (Lipinski definition) is 3. The Labute approximate surface area is 195 Å². The molecule has 1 aliphatic heterocycles. The normalized spacial score (nSPS) is 13.2. The topological polar surface area (TPSA) is 91.8 Å². The van der Waals surface area contributed by atoms with Crippen molar-refractivity contribution in [2.75, 3.05) is 32.5 Å². The number of nitrogens with one attached hydrogen (secondary N) is 3. The van der Waals surface area contributed by atoms with Crippen LogP contribution in [0.15, 0.2) is 53.5 Å². The van der Waals surface area contributed by atoms with E-state index in [1.54, 1.807) is 7.05 Å². The second-order valence-electron chi connectivity index (χ2n) is 6.84. The molecule has 0 aliphatic carbocycles. The van der Waals surface area contributed by atoms with Gasteiger partial charge in [0.1, 0.15) is 5.75 Å². The van der Waals surface area contributed by atoms with Crippen molar-refractivity contribution in [3.8, 4) is 5.75 Å². The molecule has 0 radical (unpaired) electrons. The maximum atomic E-state index is 12.1. The summed E-state index contributed by atoms with van der Waals surface area (Å²) >= 11 is 0. The van der Waals surface area contributed by atoms with Crippen LogP contribution >= 0.6 is 24.0 Å². The Balaban J connectivity index is 0.00000320. The van der Waals surface area contributed by atoms with E-state index in [9.17, 15) is 8.42 Å². The van der Waals surface area contributed by atoms with Gasteiger partial charge in [-0.05, 0) is 29.2 Å². The van der Waals surface area contributed by atoms with Crippen LogP contribution in [0.5, 0.6) is 5.75 Å². The molecule has 0 spiro atoms. The Kier molecular flexibility index (Phi) is 9.86. The summed E-state index contributed by atoms with van der Waals surface area (Å²) in [5.74, 6) is 1.56. The summed E-state index contributed by atoms with van der Waals surface area (Å²) in [6, 6.07) is 15.7. The lowest BCUT2D eigenvalue weighted by atomic mass is 10.1. The van der Waals surface area contributed by atoms with E-state index in [1.807, 2.05) is 36.4 Å². The first-order valence-electron chi connectivity index (χ1n) is 9.76. The second kappa shape index (κ2) is 12.1. The molecule has 2 aromatic carbocycles. The molecule has 0 unspecified atom stereocenters. The first kappa shape index (κ1) is 24.4. The highest BCUT2D eigenvalue weighted by Gasteiger charge is 2.12. The summed E-state index contributed by atoms with van der Waals surface area (Å²) in [7, 11) is -1.69. The fourth-order valence-corrected chi connectivity index (χ4v) is 4.01. The predicted octanol–water partition coefficient (Wildman–Crippen LogP) is 2.07. The Bertz CT molecular complexity index is 937. The third-order valence-corrected chi connectivity index (χ3v) is 6.01. The molecule has 9 heteroatoms. The number of hydrogen-bond acceptors (Lipinski definition) is 4. The van der Waals surface area contributed by atoms with Crippen molar-refractivity contribution in [2.45, 2.75) is 19.4 Å². The van der Waals surface area contributed by atoms with E-state index < -0.39 is 10.0 Å². The Hall–Kier alpha value is -1.85. The van der Waals surface area contributed by atoms with Crippen LogP contribution in [0.4, 0.5) is 0 Å². The first-order chi connectivity index (χ1) is 14.1. The number of benzene rings is 2. The highest BCUT2D eigenvalue weighted by Crippen LogP contribution is 2.25. The van der Waals surface area contributed by atoms with Crippen LogP contribution in [0.2, 0.25) is 0 Å². The van der Waals surface area contributed by atoms with Crippen molar-refractivity contribution in [1.82, 2.24) is 15.4 Å². The van der Waals surface area contributed by atoms with Gasteiger partial charge < -0.3 is 15.4 Å². The highest BCUT2D eigenvalue weighted by atomic mass is 127. The lowest BCUT2D eigenvalue weighted by Crippen LogP contribution is -2.41. The third kappa shape index (κ3) is 7.77. The van der Waals surface area contributed by atoms with E-state index in [1.165, 1.54) is 11.1 Å². The standard InChI is InChI=1S/C21H28N4O3S.HI/c1-22-21(23-11-9-17-7-8-20-19(15-17)10-13-28-20)24-12-14-29(26,27)25-16-18-5-3-2-4-6-18;/h2-8,15,25H,9-14,16H2,1H3,(H2,22,23,24);1H. The average molecular weight is 544 g/mol. The smallest absolute Gasteiger partial charge is 0.213 e. The lowest BCUT2D eigenvalue weighted by Gasteiger charge is -2.13. The molecule has 1 aliphatic rings. The summed E-state index contributed by atoms with van der Waals surface area (Å²) < 4.78 is 32.4. The number of nitrogens with zero attached hydrogens (tertiary/aromatic N) is 1. The molecule has 3 N–H and O–H groups in total. The number of aliphatic imine (C=N–C) groups is 1. The van der Waals surface area contributed by atoms with Crippen molar-refractivity contribution < 1.29 is 13.2 Å². The maximum Gasteiger partial charge on any atom is 0.213 e. The van der Waals surface area contributed by atoms with E-state index in [2.05, 4.69) is 32.5 Å². The molecule has 0 aromatic heterocycles. The van der Waals surface area contributed by atoms with Crippen molar-refractivity contribution in [3.63, 3.8) is 0 Å². The number of sulfonamides is 1. The number of halogens is 1. The van der Waals surface area contributed by atoms with Crippen LogP contribution in [-0.2, 0) is 29.4 Å². The van der Waals surface area contributed by atoms with Crippen molar-refractivity contribution in [2.24, 2.45) is 4.99 Å². The molecule has 0 atom stereocenters. The highest BCUT2D eigenvalue weighted by molar-refractivity contribution is 14.0. The second-order valence-corrected chi connectivity index (χ2v) is 8.77. The number of ether oxygens (including phenoxy) is 1. The van der Waals surface area contributed by atoms with Gasteiger partial charge in [-0.2, -0.15) is 0 Å². The minimum atomic E-state index is -3.36. The van der Waals surface area contributed by atoms with E-state index in [0.29, 0.717) is 19.0 Å². The molecule has 1 heterocycles. The summed E-state index contributed by atoms with van der Waals surface area (Å²) in [6.07, 6.45) is 1.82. The SMILES string of the molecule is CN=C(NCCc1ccc2c(c1)CCO2)NCCS(=O)(=O)NCc1ccccc1.I. The molecule has 2 aromatic rings. The molecule has 0 saturated carbocycles. The van der Waals surface area contributed by atoms with Crippen molar-refractivity contribution >= 4 is 40.0 Å². The van der Waals surface area contributed by atoms with Gasteiger partial charge in [-0.15, -0.1) is 24.0 Å². The molecule has 0 saturated heterocycles. The van der Waals surface area contributed by atoms with E-state index in [0.717, 1.165) is 30.8 Å². The van der Waals surface area contributed by atoms with Crippen LogP contribution in [0, 0.1) is 0 Å². The van der Waals surface area contributed by atoms with Gasteiger partial charge in [0.2, 0.25) is 10.0 Å². The Morgan fingerprint density at radius 3 is 2.60 bits per heavy atom. The zero-order chi connectivity index (χ0) is 20.5. The van der Waals surface area contributed by atoms with Gasteiger partial charge in [-0.25, -0.2) is 13.1 Å². The summed E-state index contributed by atoms with van der Waals surface area (Å²) in [4.78, 5) is 4.15. The quantitative estimate of drug-likeness (QED) is 0.256. The molecule has 0 amide bonds. The monoisotopic (exact) mass is 544 g/mol. The first-order valence-corrected chi connectivity index (χ1v) is 11.4. The van der Waals surface area contributed by atoms with Gasteiger partial charge in [0, 0.05) is 33.1 Å². The lowest BCUT2D eigenvalue weighted by molar-refractivity contribution is 0.357. The van der Waals surface area contributed by atoms with E-state index >= 15 is 0 Å². The predicted molar refractivity (Wildman–Crippen MR) is 131 cm³/mol. The summed E-state index contributed by atoms with van der Waals surface area (Å²) in [6.45, 7) is 2.04. The number of guanidine groups is 1. The van der Waals surface area contributed by atoms with Crippen LogP contribution in [0.25, 0.3) is 0 Å². The van der Waals surface area contributed by atoms with E-state index in [4.69, 9.17) is 4.74 Å². The molecular weight excluding hydrogens is 515 g/mol. The van der Waals surface area contributed by atoms with Crippen LogP contribution in [-0.4, -0.2) is 46.9 Å². The number of rotatable bonds is 9. The molecule has 7 nitrogen and oxygen atoms in total. The molecule has 0 fully saturated rings. The van der Waals surface area contributed by atoms with E-state index in [-0.39, 0.29) is 36.3 Å². The van der Waals surface area contributed by atoms with Crippen LogP contribution < -0.4 is 20.1 Å². The van der Waals surface area contributed by atoms with Gasteiger partial charge in [0.05, 0.1) is 12.4 Å². The zero-order valence-corrected chi connectivity index (χ0v) is 20.2. The summed E-state index contributed by atoms with van der Waals surface area (Å²) in [5, 5.41) is 6.27. The average Bonchev–Trinajstić information content (AvgIpc) is 3.20. The molecule has 164 valence electrons. The Morgan fingerprint density at radius 2 is 1.83 bits per heavy atom. The molecule has 0 bridgehead atoms. The van der Waals surface area contributed by atoms with Gasteiger partial charge in [-0.1, -0.05) is 42.5 Å². The fourth-order valence-electron chi connectivity index (χ4n) is 3.11.